The molecular weight excluding hydrogens is 299 g/mol. The lowest BCUT2D eigenvalue weighted by Crippen LogP contribution is -2.29. The summed E-state index contributed by atoms with van der Waals surface area (Å²) in [5.41, 5.74) is 0.319. The van der Waals surface area contributed by atoms with Crippen molar-refractivity contribution < 1.29 is 12.8 Å². The zero-order valence-electron chi connectivity index (χ0n) is 8.28. The van der Waals surface area contributed by atoms with E-state index in [4.69, 9.17) is 0 Å². The van der Waals surface area contributed by atoms with Gasteiger partial charge in [0.2, 0.25) is 0 Å². The Kier molecular flexibility index (Phi) is 3.29. The van der Waals surface area contributed by atoms with Gasteiger partial charge in [0, 0.05) is 29.7 Å². The SMILES string of the molecule is O=S(=O)(NCc1cc(Br)ccc1F)N1CC1. The summed E-state index contributed by atoms with van der Waals surface area (Å²) in [6.45, 7) is 1.04. The lowest BCUT2D eigenvalue weighted by molar-refractivity contribution is 0.543. The van der Waals surface area contributed by atoms with Gasteiger partial charge in [-0.2, -0.15) is 17.4 Å². The summed E-state index contributed by atoms with van der Waals surface area (Å²) in [6, 6.07) is 4.42. The second-order valence-electron chi connectivity index (χ2n) is 3.46. The number of rotatable bonds is 4. The first kappa shape index (κ1) is 12.0. The van der Waals surface area contributed by atoms with Gasteiger partial charge in [-0.1, -0.05) is 15.9 Å². The Bertz CT molecular complexity index is 502. The number of hydrogen-bond donors (Lipinski definition) is 1. The minimum Gasteiger partial charge on any atom is -0.207 e. The topological polar surface area (TPSA) is 49.2 Å². The van der Waals surface area contributed by atoms with E-state index in [0.717, 1.165) is 4.47 Å². The van der Waals surface area contributed by atoms with Gasteiger partial charge in [-0.15, -0.1) is 0 Å². The van der Waals surface area contributed by atoms with Crippen LogP contribution >= 0.6 is 15.9 Å². The van der Waals surface area contributed by atoms with E-state index in [1.54, 1.807) is 12.1 Å². The summed E-state index contributed by atoms with van der Waals surface area (Å²) >= 11 is 3.20. The molecule has 4 nitrogen and oxygen atoms in total. The van der Waals surface area contributed by atoms with Gasteiger partial charge >= 0.3 is 0 Å². The summed E-state index contributed by atoms with van der Waals surface area (Å²) < 4.78 is 40.5. The van der Waals surface area contributed by atoms with E-state index < -0.39 is 16.0 Å². The quantitative estimate of drug-likeness (QED) is 0.851. The molecule has 1 N–H and O–H groups in total. The van der Waals surface area contributed by atoms with E-state index in [2.05, 4.69) is 20.7 Å². The lowest BCUT2D eigenvalue weighted by Gasteiger charge is -2.07. The molecule has 1 fully saturated rings. The van der Waals surface area contributed by atoms with Crippen LogP contribution in [0.25, 0.3) is 0 Å². The number of hydrogen-bond acceptors (Lipinski definition) is 2. The second-order valence-corrected chi connectivity index (χ2v) is 6.13. The van der Waals surface area contributed by atoms with Crippen molar-refractivity contribution in [2.24, 2.45) is 0 Å². The molecule has 1 aliphatic rings. The molecule has 0 saturated carbocycles. The fourth-order valence-electron chi connectivity index (χ4n) is 1.22. The summed E-state index contributed by atoms with van der Waals surface area (Å²) in [4.78, 5) is 0. The third-order valence-corrected chi connectivity index (χ3v) is 4.25. The van der Waals surface area contributed by atoms with Crippen molar-refractivity contribution in [1.29, 1.82) is 0 Å². The van der Waals surface area contributed by atoms with E-state index in [1.165, 1.54) is 10.4 Å². The van der Waals surface area contributed by atoms with Crippen molar-refractivity contribution in [3.05, 3.63) is 34.1 Å². The predicted molar refractivity (Wildman–Crippen MR) is 61.4 cm³/mol. The molecule has 0 radical (unpaired) electrons. The van der Waals surface area contributed by atoms with Gasteiger partial charge in [-0.3, -0.25) is 0 Å². The Morgan fingerprint density at radius 1 is 1.44 bits per heavy atom. The molecule has 7 heteroatoms. The molecule has 16 heavy (non-hydrogen) atoms. The monoisotopic (exact) mass is 308 g/mol. The van der Waals surface area contributed by atoms with Crippen LogP contribution in [0.1, 0.15) is 5.56 Å². The molecule has 0 bridgehead atoms. The molecule has 1 heterocycles. The van der Waals surface area contributed by atoms with Gasteiger partial charge in [0.15, 0.2) is 0 Å². The van der Waals surface area contributed by atoms with Crippen LogP contribution in [0.2, 0.25) is 0 Å². The zero-order valence-corrected chi connectivity index (χ0v) is 10.7. The van der Waals surface area contributed by atoms with E-state index in [9.17, 15) is 12.8 Å². The fourth-order valence-corrected chi connectivity index (χ4v) is 2.71. The van der Waals surface area contributed by atoms with Crippen molar-refractivity contribution in [2.75, 3.05) is 13.1 Å². The number of halogens is 2. The van der Waals surface area contributed by atoms with E-state index >= 15 is 0 Å². The van der Waals surface area contributed by atoms with Gasteiger partial charge in [0.1, 0.15) is 5.82 Å². The van der Waals surface area contributed by atoms with Crippen molar-refractivity contribution >= 4 is 26.1 Å². The molecule has 0 atom stereocenters. The smallest absolute Gasteiger partial charge is 0.207 e. The van der Waals surface area contributed by atoms with E-state index in [1.807, 2.05) is 0 Å². The van der Waals surface area contributed by atoms with E-state index in [-0.39, 0.29) is 6.54 Å². The zero-order chi connectivity index (χ0) is 11.8. The van der Waals surface area contributed by atoms with Crippen LogP contribution < -0.4 is 4.72 Å². The summed E-state index contributed by atoms with van der Waals surface area (Å²) in [5.74, 6) is -0.420. The number of benzene rings is 1. The van der Waals surface area contributed by atoms with Gasteiger partial charge in [0.05, 0.1) is 0 Å². The van der Waals surface area contributed by atoms with Crippen LogP contribution in [0.3, 0.4) is 0 Å². The minimum atomic E-state index is -3.41. The van der Waals surface area contributed by atoms with E-state index in [0.29, 0.717) is 18.7 Å². The Balaban J connectivity index is 2.07. The Morgan fingerprint density at radius 2 is 2.12 bits per heavy atom. The van der Waals surface area contributed by atoms with Crippen LogP contribution in [0.15, 0.2) is 22.7 Å². The maximum absolute atomic E-state index is 13.3. The van der Waals surface area contributed by atoms with Gasteiger partial charge in [-0.05, 0) is 18.2 Å². The molecule has 1 aliphatic heterocycles. The van der Waals surface area contributed by atoms with Crippen LogP contribution in [0.4, 0.5) is 4.39 Å². The van der Waals surface area contributed by atoms with Crippen molar-refractivity contribution in [3.8, 4) is 0 Å². The average Bonchev–Trinajstić information content (AvgIpc) is 3.03. The molecule has 1 aromatic carbocycles. The Morgan fingerprint density at radius 3 is 2.75 bits per heavy atom. The molecule has 0 spiro atoms. The maximum atomic E-state index is 13.3. The molecule has 0 aliphatic carbocycles. The highest BCUT2D eigenvalue weighted by Crippen LogP contribution is 2.16. The fraction of sp³-hybridized carbons (Fsp3) is 0.333. The molecule has 0 aromatic heterocycles. The average molecular weight is 309 g/mol. The molecule has 0 unspecified atom stereocenters. The lowest BCUT2D eigenvalue weighted by atomic mass is 10.2. The first-order valence-electron chi connectivity index (χ1n) is 4.68. The first-order chi connectivity index (χ1) is 7.49. The standard InChI is InChI=1S/C9H10BrFN2O2S/c10-8-1-2-9(11)7(5-8)6-12-16(14,15)13-3-4-13/h1-2,5,12H,3-4,6H2. The largest absolute Gasteiger partial charge is 0.279 e. The van der Waals surface area contributed by atoms with Crippen molar-refractivity contribution in [2.45, 2.75) is 6.54 Å². The van der Waals surface area contributed by atoms with Crippen molar-refractivity contribution in [3.63, 3.8) is 0 Å². The molecule has 0 amide bonds. The highest BCUT2D eigenvalue weighted by Gasteiger charge is 2.31. The molecular formula is C9H10BrFN2O2S. The highest BCUT2D eigenvalue weighted by atomic mass is 79.9. The molecule has 1 aromatic rings. The molecule has 88 valence electrons. The normalized spacial score (nSPS) is 16.4. The summed E-state index contributed by atoms with van der Waals surface area (Å²) in [6.07, 6.45) is 0. The van der Waals surface area contributed by atoms with Crippen LogP contribution in [0.5, 0.6) is 0 Å². The summed E-state index contributed by atoms with van der Waals surface area (Å²) in [7, 11) is -3.41. The first-order valence-corrected chi connectivity index (χ1v) is 6.91. The predicted octanol–water partition coefficient (Wildman–Crippen LogP) is 1.24. The van der Waals surface area contributed by atoms with Gasteiger partial charge in [0.25, 0.3) is 10.2 Å². The number of nitrogens with zero attached hydrogens (tertiary/aromatic N) is 1. The maximum Gasteiger partial charge on any atom is 0.279 e. The van der Waals surface area contributed by atoms with Gasteiger partial charge in [-0.25, -0.2) is 4.39 Å². The third kappa shape index (κ3) is 2.79. The second kappa shape index (κ2) is 4.40. The summed E-state index contributed by atoms with van der Waals surface area (Å²) in [5, 5.41) is 0. The van der Waals surface area contributed by atoms with Crippen molar-refractivity contribution in [1.82, 2.24) is 9.03 Å². The van der Waals surface area contributed by atoms with Crippen LogP contribution in [-0.4, -0.2) is 25.8 Å². The Labute approximate surface area is 102 Å². The Hall–Kier alpha value is -0.500. The minimum absolute atomic E-state index is 0.0376. The highest BCUT2D eigenvalue weighted by molar-refractivity contribution is 9.10. The van der Waals surface area contributed by atoms with Gasteiger partial charge < -0.3 is 0 Å². The number of nitrogens with one attached hydrogen (secondary N) is 1. The molecule has 1 saturated heterocycles. The van der Waals surface area contributed by atoms with Crippen LogP contribution in [0, 0.1) is 5.82 Å². The third-order valence-electron chi connectivity index (χ3n) is 2.20. The van der Waals surface area contributed by atoms with Crippen LogP contribution in [-0.2, 0) is 16.8 Å². The molecule has 2 rings (SSSR count).